The summed E-state index contributed by atoms with van der Waals surface area (Å²) < 4.78 is 4.97. The van der Waals surface area contributed by atoms with Gasteiger partial charge in [0.1, 0.15) is 5.69 Å². The summed E-state index contributed by atoms with van der Waals surface area (Å²) in [5.41, 5.74) is 8.03. The molecule has 0 aliphatic rings. The van der Waals surface area contributed by atoms with Crippen LogP contribution in [0.3, 0.4) is 0 Å². The van der Waals surface area contributed by atoms with Crippen LogP contribution in [-0.2, 0) is 13.1 Å². The highest BCUT2D eigenvalue weighted by Crippen LogP contribution is 2.03. The number of nitrogens with two attached hydrogens (primary N) is 1. The van der Waals surface area contributed by atoms with Crippen LogP contribution in [0.15, 0.2) is 46.5 Å². The van der Waals surface area contributed by atoms with Crippen molar-refractivity contribution < 1.29 is 9.62 Å². The summed E-state index contributed by atoms with van der Waals surface area (Å²) in [4.78, 5) is 4.01. The minimum absolute atomic E-state index is 0.00619. The van der Waals surface area contributed by atoms with Gasteiger partial charge < -0.3 is 20.7 Å². The lowest BCUT2D eigenvalue weighted by atomic mass is 10.2. The van der Waals surface area contributed by atoms with Crippen molar-refractivity contribution in [1.82, 2.24) is 10.3 Å². The van der Waals surface area contributed by atoms with E-state index in [0.29, 0.717) is 12.2 Å². The van der Waals surface area contributed by atoms with Crippen LogP contribution in [0.2, 0.25) is 0 Å². The number of nitrogens with one attached hydrogen (secondary N) is 1. The van der Waals surface area contributed by atoms with E-state index in [9.17, 15) is 0 Å². The van der Waals surface area contributed by atoms with Gasteiger partial charge in [0.15, 0.2) is 5.84 Å². The van der Waals surface area contributed by atoms with Crippen molar-refractivity contribution in [1.29, 1.82) is 0 Å². The Kier molecular flexibility index (Phi) is 3.93. The predicted molar refractivity (Wildman–Crippen MR) is 66.0 cm³/mol. The SMILES string of the molecule is N/C(=N/O)c1cc(CNCc2ccoc2)ccn1. The normalized spacial score (nSPS) is 11.7. The molecule has 94 valence electrons. The molecule has 2 rings (SSSR count). The van der Waals surface area contributed by atoms with E-state index in [2.05, 4.69) is 15.5 Å². The standard InChI is InChI=1S/C12H14N4O2/c13-12(16-17)11-5-9(1-3-15-11)6-14-7-10-2-4-18-8-10/h1-5,8,14,17H,6-7H2,(H2,13,16). The molecule has 0 aliphatic heterocycles. The van der Waals surface area contributed by atoms with Crippen molar-refractivity contribution in [2.24, 2.45) is 10.9 Å². The third-order valence-corrected chi connectivity index (χ3v) is 2.43. The largest absolute Gasteiger partial charge is 0.472 e. The maximum atomic E-state index is 8.58. The minimum atomic E-state index is 0.00619. The monoisotopic (exact) mass is 246 g/mol. The Morgan fingerprint density at radius 2 is 2.22 bits per heavy atom. The van der Waals surface area contributed by atoms with E-state index in [1.807, 2.05) is 12.1 Å². The van der Waals surface area contributed by atoms with Gasteiger partial charge >= 0.3 is 0 Å². The molecule has 0 aromatic carbocycles. The molecule has 0 saturated carbocycles. The zero-order valence-electron chi connectivity index (χ0n) is 9.71. The summed E-state index contributed by atoms with van der Waals surface area (Å²) >= 11 is 0. The molecule has 4 N–H and O–H groups in total. The van der Waals surface area contributed by atoms with E-state index in [0.717, 1.165) is 17.7 Å². The molecule has 18 heavy (non-hydrogen) atoms. The second-order valence-corrected chi connectivity index (χ2v) is 3.77. The van der Waals surface area contributed by atoms with E-state index in [-0.39, 0.29) is 5.84 Å². The van der Waals surface area contributed by atoms with E-state index in [1.165, 1.54) is 0 Å². The van der Waals surface area contributed by atoms with Gasteiger partial charge in [-0.1, -0.05) is 5.16 Å². The quantitative estimate of drug-likeness (QED) is 0.317. The fraction of sp³-hybridized carbons (Fsp3) is 0.167. The second kappa shape index (κ2) is 5.83. The van der Waals surface area contributed by atoms with Crippen LogP contribution in [-0.4, -0.2) is 16.0 Å². The predicted octanol–water partition coefficient (Wildman–Crippen LogP) is 1.06. The van der Waals surface area contributed by atoms with E-state index in [1.54, 1.807) is 24.8 Å². The molecule has 0 fully saturated rings. The van der Waals surface area contributed by atoms with Crippen molar-refractivity contribution in [2.45, 2.75) is 13.1 Å². The molecule has 0 amide bonds. The number of furan rings is 1. The summed E-state index contributed by atoms with van der Waals surface area (Å²) in [7, 11) is 0. The molecule has 6 nitrogen and oxygen atoms in total. The molecular formula is C12H14N4O2. The van der Waals surface area contributed by atoms with Gasteiger partial charge in [0.2, 0.25) is 0 Å². The maximum absolute atomic E-state index is 8.58. The third-order valence-electron chi connectivity index (χ3n) is 2.43. The summed E-state index contributed by atoms with van der Waals surface area (Å²) in [6.45, 7) is 1.39. The minimum Gasteiger partial charge on any atom is -0.472 e. The Balaban J connectivity index is 1.93. The molecule has 2 heterocycles. The average Bonchev–Trinajstić information content (AvgIpc) is 2.91. The number of rotatable bonds is 5. The van der Waals surface area contributed by atoms with Crippen LogP contribution in [0.5, 0.6) is 0 Å². The van der Waals surface area contributed by atoms with Gasteiger partial charge in [0, 0.05) is 24.8 Å². The van der Waals surface area contributed by atoms with E-state index >= 15 is 0 Å². The molecule has 0 bridgehead atoms. The fourth-order valence-electron chi connectivity index (χ4n) is 1.52. The number of pyridine rings is 1. The molecule has 0 spiro atoms. The number of amidine groups is 1. The van der Waals surface area contributed by atoms with Crippen molar-refractivity contribution in [2.75, 3.05) is 0 Å². The van der Waals surface area contributed by atoms with Crippen LogP contribution in [0.1, 0.15) is 16.8 Å². The van der Waals surface area contributed by atoms with Gasteiger partial charge in [-0.05, 0) is 23.8 Å². The molecule has 2 aromatic rings. The summed E-state index contributed by atoms with van der Waals surface area (Å²) in [5, 5.41) is 14.8. The van der Waals surface area contributed by atoms with Gasteiger partial charge in [-0.2, -0.15) is 0 Å². The van der Waals surface area contributed by atoms with Crippen LogP contribution in [0.4, 0.5) is 0 Å². The Labute approximate surface area is 104 Å². The molecule has 2 aromatic heterocycles. The second-order valence-electron chi connectivity index (χ2n) is 3.77. The lowest BCUT2D eigenvalue weighted by Crippen LogP contribution is -2.17. The Morgan fingerprint density at radius 3 is 2.94 bits per heavy atom. The van der Waals surface area contributed by atoms with Gasteiger partial charge in [-0.3, -0.25) is 4.98 Å². The number of oxime groups is 1. The zero-order chi connectivity index (χ0) is 12.8. The topological polar surface area (TPSA) is 96.7 Å². The highest BCUT2D eigenvalue weighted by Gasteiger charge is 2.02. The number of aromatic nitrogens is 1. The maximum Gasteiger partial charge on any atom is 0.188 e. The molecule has 0 saturated heterocycles. The third kappa shape index (κ3) is 3.08. The van der Waals surface area contributed by atoms with E-state index < -0.39 is 0 Å². The molecule has 0 atom stereocenters. The van der Waals surface area contributed by atoms with E-state index in [4.69, 9.17) is 15.4 Å². The first-order valence-corrected chi connectivity index (χ1v) is 5.44. The highest BCUT2D eigenvalue weighted by atomic mass is 16.4. The zero-order valence-corrected chi connectivity index (χ0v) is 9.71. The van der Waals surface area contributed by atoms with Gasteiger partial charge in [0.05, 0.1) is 12.5 Å². The van der Waals surface area contributed by atoms with Crippen molar-refractivity contribution in [3.63, 3.8) is 0 Å². The highest BCUT2D eigenvalue weighted by molar-refractivity contribution is 5.95. The fourth-order valence-corrected chi connectivity index (χ4v) is 1.52. The smallest absolute Gasteiger partial charge is 0.188 e. The van der Waals surface area contributed by atoms with Gasteiger partial charge in [0.25, 0.3) is 0 Å². The molecular weight excluding hydrogens is 232 g/mol. The molecule has 0 aliphatic carbocycles. The van der Waals surface area contributed by atoms with Crippen LogP contribution in [0.25, 0.3) is 0 Å². The van der Waals surface area contributed by atoms with Crippen molar-refractivity contribution in [3.05, 3.63) is 53.7 Å². The molecule has 0 radical (unpaired) electrons. The van der Waals surface area contributed by atoms with Crippen LogP contribution in [0, 0.1) is 0 Å². The lowest BCUT2D eigenvalue weighted by molar-refractivity contribution is 0.318. The first kappa shape index (κ1) is 12.1. The van der Waals surface area contributed by atoms with Crippen molar-refractivity contribution in [3.8, 4) is 0 Å². The van der Waals surface area contributed by atoms with Gasteiger partial charge in [-0.25, -0.2) is 0 Å². The van der Waals surface area contributed by atoms with Crippen LogP contribution < -0.4 is 11.1 Å². The Hall–Kier alpha value is -2.34. The number of hydrogen-bond donors (Lipinski definition) is 3. The molecule has 0 unspecified atom stereocenters. The Morgan fingerprint density at radius 1 is 1.39 bits per heavy atom. The summed E-state index contributed by atoms with van der Waals surface area (Å²) in [5.74, 6) is 0.00619. The first-order valence-electron chi connectivity index (χ1n) is 5.44. The lowest BCUT2D eigenvalue weighted by Gasteiger charge is -2.04. The summed E-state index contributed by atoms with van der Waals surface area (Å²) in [6.07, 6.45) is 4.96. The number of nitrogens with zero attached hydrogens (tertiary/aromatic N) is 2. The van der Waals surface area contributed by atoms with Crippen LogP contribution >= 0.6 is 0 Å². The first-order chi connectivity index (χ1) is 8.79. The number of hydrogen-bond acceptors (Lipinski definition) is 5. The Bertz CT molecular complexity index is 523. The van der Waals surface area contributed by atoms with Crippen molar-refractivity contribution >= 4 is 5.84 Å². The summed E-state index contributed by atoms with van der Waals surface area (Å²) in [6, 6.07) is 5.55. The average molecular weight is 246 g/mol. The van der Waals surface area contributed by atoms with Gasteiger partial charge in [-0.15, -0.1) is 0 Å². The molecule has 6 heteroatoms.